The number of aryl methyl sites for hydroxylation is 1. The molecule has 0 saturated heterocycles. The number of tetrazole rings is 1. The van der Waals surface area contributed by atoms with E-state index < -0.39 is 0 Å². The van der Waals surface area contributed by atoms with Crippen LogP contribution in [-0.4, -0.2) is 20.6 Å². The van der Waals surface area contributed by atoms with E-state index in [2.05, 4.69) is 73.1 Å². The molecule has 23 heavy (non-hydrogen) atoms. The molecule has 3 aromatic rings. The summed E-state index contributed by atoms with van der Waals surface area (Å²) in [6, 6.07) is 14.2. The number of aromatic nitrogens is 4. The number of anilines is 1. The van der Waals surface area contributed by atoms with Gasteiger partial charge in [-0.15, -0.1) is 5.10 Å². The summed E-state index contributed by atoms with van der Waals surface area (Å²) in [5, 5.41) is 16.8. The average molecular weight is 374 g/mol. The normalized spacial score (nSPS) is 10.5. The molecule has 3 rings (SSSR count). The van der Waals surface area contributed by atoms with Gasteiger partial charge < -0.3 is 10.1 Å². The highest BCUT2D eigenvalue weighted by Gasteiger charge is 2.07. The predicted molar refractivity (Wildman–Crippen MR) is 91.2 cm³/mol. The Hall–Kier alpha value is -2.41. The van der Waals surface area contributed by atoms with Crippen molar-refractivity contribution in [3.8, 4) is 5.75 Å². The molecule has 0 radical (unpaired) electrons. The highest BCUT2D eigenvalue weighted by atomic mass is 79.9. The first-order valence-corrected chi connectivity index (χ1v) is 7.94. The molecule has 0 spiro atoms. The molecule has 0 saturated carbocycles. The Bertz CT molecular complexity index is 759. The van der Waals surface area contributed by atoms with Crippen LogP contribution >= 0.6 is 15.9 Å². The minimum atomic E-state index is 0.453. The molecule has 6 nitrogen and oxygen atoms in total. The molecule has 1 heterocycles. The number of nitrogens with zero attached hydrogens (tertiary/aromatic N) is 3. The van der Waals surface area contributed by atoms with E-state index in [0.29, 0.717) is 19.1 Å². The van der Waals surface area contributed by atoms with Crippen LogP contribution < -0.4 is 10.1 Å². The van der Waals surface area contributed by atoms with Gasteiger partial charge in [-0.2, -0.15) is 5.21 Å². The highest BCUT2D eigenvalue weighted by Crippen LogP contribution is 2.25. The lowest BCUT2D eigenvalue weighted by Crippen LogP contribution is -2.05. The fraction of sp³-hybridized carbons (Fsp3) is 0.188. The van der Waals surface area contributed by atoms with Crippen molar-refractivity contribution in [3.05, 3.63) is 63.6 Å². The number of hydrogen-bond donors (Lipinski definition) is 2. The number of nitrogens with one attached hydrogen (secondary N) is 2. The first kappa shape index (κ1) is 15.5. The maximum atomic E-state index is 5.96. The Balaban J connectivity index is 1.69. The van der Waals surface area contributed by atoms with Gasteiger partial charge in [0.15, 0.2) is 0 Å². The van der Waals surface area contributed by atoms with E-state index in [-0.39, 0.29) is 0 Å². The summed E-state index contributed by atoms with van der Waals surface area (Å²) in [5.41, 5.74) is 3.38. The van der Waals surface area contributed by atoms with Gasteiger partial charge >= 0.3 is 0 Å². The van der Waals surface area contributed by atoms with Gasteiger partial charge in [0.2, 0.25) is 0 Å². The number of benzene rings is 2. The van der Waals surface area contributed by atoms with Gasteiger partial charge in [0.05, 0.1) is 0 Å². The molecule has 2 aromatic carbocycles. The van der Waals surface area contributed by atoms with Crippen molar-refractivity contribution in [1.29, 1.82) is 0 Å². The van der Waals surface area contributed by atoms with Crippen LogP contribution in [0.1, 0.15) is 16.7 Å². The Morgan fingerprint density at radius 1 is 1.17 bits per heavy atom. The summed E-state index contributed by atoms with van der Waals surface area (Å²) in [6.07, 6.45) is 0. The zero-order valence-electron chi connectivity index (χ0n) is 12.6. The molecule has 118 valence electrons. The van der Waals surface area contributed by atoms with Crippen molar-refractivity contribution in [3.63, 3.8) is 0 Å². The van der Waals surface area contributed by atoms with Crippen LogP contribution in [0.25, 0.3) is 0 Å². The van der Waals surface area contributed by atoms with Gasteiger partial charge in [0, 0.05) is 16.6 Å². The predicted octanol–water partition coefficient (Wildman–Crippen LogP) is 3.46. The first-order valence-electron chi connectivity index (χ1n) is 7.15. The quantitative estimate of drug-likeness (QED) is 0.691. The molecule has 0 aliphatic carbocycles. The van der Waals surface area contributed by atoms with E-state index in [9.17, 15) is 0 Å². The van der Waals surface area contributed by atoms with Gasteiger partial charge in [-0.3, -0.25) is 0 Å². The Labute approximate surface area is 142 Å². The van der Waals surface area contributed by atoms with Crippen molar-refractivity contribution in [2.24, 2.45) is 0 Å². The lowest BCUT2D eigenvalue weighted by molar-refractivity contribution is 0.303. The van der Waals surface area contributed by atoms with Crippen LogP contribution in [0.3, 0.4) is 0 Å². The van der Waals surface area contributed by atoms with Crippen LogP contribution in [0.15, 0.2) is 46.9 Å². The van der Waals surface area contributed by atoms with Gasteiger partial charge in [0.25, 0.3) is 5.95 Å². The van der Waals surface area contributed by atoms with Gasteiger partial charge in [-0.25, -0.2) is 0 Å². The second kappa shape index (κ2) is 7.23. The SMILES string of the molecule is Cc1ccc(COc2ccc(Br)cc2CNc2nn[nH]n2)cc1. The monoisotopic (exact) mass is 373 g/mol. The molecule has 7 heteroatoms. The zero-order chi connectivity index (χ0) is 16.1. The van der Waals surface area contributed by atoms with Crippen LogP contribution in [0, 0.1) is 6.92 Å². The Morgan fingerprint density at radius 2 is 2.00 bits per heavy atom. The van der Waals surface area contributed by atoms with E-state index >= 15 is 0 Å². The molecule has 0 atom stereocenters. The minimum Gasteiger partial charge on any atom is -0.489 e. The molecule has 0 unspecified atom stereocenters. The van der Waals surface area contributed by atoms with E-state index in [1.54, 1.807) is 0 Å². The van der Waals surface area contributed by atoms with Crippen LogP contribution in [0.4, 0.5) is 5.95 Å². The summed E-state index contributed by atoms with van der Waals surface area (Å²) >= 11 is 3.49. The summed E-state index contributed by atoms with van der Waals surface area (Å²) < 4.78 is 6.95. The van der Waals surface area contributed by atoms with E-state index in [0.717, 1.165) is 21.3 Å². The fourth-order valence-electron chi connectivity index (χ4n) is 2.08. The third kappa shape index (κ3) is 4.29. The molecule has 0 amide bonds. The second-order valence-electron chi connectivity index (χ2n) is 5.12. The summed E-state index contributed by atoms with van der Waals surface area (Å²) in [7, 11) is 0. The fourth-order valence-corrected chi connectivity index (χ4v) is 2.49. The number of rotatable bonds is 6. The summed E-state index contributed by atoms with van der Waals surface area (Å²) in [6.45, 7) is 3.14. The maximum Gasteiger partial charge on any atom is 0.263 e. The largest absolute Gasteiger partial charge is 0.489 e. The van der Waals surface area contributed by atoms with Crippen LogP contribution in [0.5, 0.6) is 5.75 Å². The lowest BCUT2D eigenvalue weighted by Gasteiger charge is -2.12. The number of H-pyrrole nitrogens is 1. The molecule has 0 fully saturated rings. The Morgan fingerprint density at radius 3 is 2.74 bits per heavy atom. The van der Waals surface area contributed by atoms with Crippen LogP contribution in [0.2, 0.25) is 0 Å². The van der Waals surface area contributed by atoms with Crippen molar-refractivity contribution in [1.82, 2.24) is 20.6 Å². The summed E-state index contributed by atoms with van der Waals surface area (Å²) in [4.78, 5) is 0. The topological polar surface area (TPSA) is 75.7 Å². The third-order valence-electron chi connectivity index (χ3n) is 3.32. The second-order valence-corrected chi connectivity index (χ2v) is 6.03. The van der Waals surface area contributed by atoms with Crippen molar-refractivity contribution < 1.29 is 4.74 Å². The Kier molecular flexibility index (Phi) is 4.87. The van der Waals surface area contributed by atoms with Crippen molar-refractivity contribution in [2.45, 2.75) is 20.1 Å². The van der Waals surface area contributed by atoms with Crippen molar-refractivity contribution >= 4 is 21.9 Å². The molecule has 0 bridgehead atoms. The smallest absolute Gasteiger partial charge is 0.263 e. The maximum absolute atomic E-state index is 5.96. The van der Waals surface area contributed by atoms with Gasteiger partial charge in [-0.05, 0) is 35.9 Å². The van der Waals surface area contributed by atoms with Gasteiger partial charge in [0.1, 0.15) is 12.4 Å². The molecule has 0 aliphatic heterocycles. The first-order chi connectivity index (χ1) is 11.2. The van der Waals surface area contributed by atoms with E-state index in [1.807, 2.05) is 18.2 Å². The number of aromatic amines is 1. The molecule has 2 N–H and O–H groups in total. The number of hydrogen-bond acceptors (Lipinski definition) is 5. The highest BCUT2D eigenvalue weighted by molar-refractivity contribution is 9.10. The standard InChI is InChI=1S/C16H16BrN5O/c1-11-2-4-12(5-3-11)10-23-15-7-6-14(17)8-13(15)9-18-16-19-21-22-20-16/h2-8H,9-10H2,1H3,(H2,18,19,20,21,22). The van der Waals surface area contributed by atoms with Crippen LogP contribution in [-0.2, 0) is 13.2 Å². The third-order valence-corrected chi connectivity index (χ3v) is 3.81. The van der Waals surface area contributed by atoms with Crippen molar-refractivity contribution in [2.75, 3.05) is 5.32 Å². The zero-order valence-corrected chi connectivity index (χ0v) is 14.2. The van der Waals surface area contributed by atoms with Gasteiger partial charge in [-0.1, -0.05) is 50.9 Å². The minimum absolute atomic E-state index is 0.453. The molecular formula is C16H16BrN5O. The lowest BCUT2D eigenvalue weighted by atomic mass is 10.1. The molecule has 1 aromatic heterocycles. The molecular weight excluding hydrogens is 358 g/mol. The summed E-state index contributed by atoms with van der Waals surface area (Å²) in [5.74, 6) is 1.28. The average Bonchev–Trinajstić information content (AvgIpc) is 3.07. The number of halogens is 1. The number of ether oxygens (including phenoxy) is 1. The van der Waals surface area contributed by atoms with E-state index in [1.165, 1.54) is 5.56 Å². The van der Waals surface area contributed by atoms with E-state index in [4.69, 9.17) is 4.74 Å². The molecule has 0 aliphatic rings.